The molecule has 0 spiro atoms. The van der Waals surface area contributed by atoms with E-state index < -0.39 is 5.60 Å². The van der Waals surface area contributed by atoms with Gasteiger partial charge in [0.2, 0.25) is 0 Å². The van der Waals surface area contributed by atoms with Gasteiger partial charge in [-0.3, -0.25) is 4.68 Å². The van der Waals surface area contributed by atoms with Gasteiger partial charge in [-0.05, 0) is 62.3 Å². The van der Waals surface area contributed by atoms with Gasteiger partial charge in [0.1, 0.15) is 15.1 Å². The Hall–Kier alpha value is -1.62. The lowest BCUT2D eigenvalue weighted by Gasteiger charge is -2.28. The predicted octanol–water partition coefficient (Wildman–Crippen LogP) is 3.21. The first-order chi connectivity index (χ1) is 12.7. The molecule has 3 heterocycles. The number of likely N-dealkylation sites (tertiary alicyclic amines) is 1. The quantitative estimate of drug-likeness (QED) is 0.666. The van der Waals surface area contributed by atoms with Crippen LogP contribution in [0.3, 0.4) is 0 Å². The highest BCUT2D eigenvalue weighted by Crippen LogP contribution is 2.34. The Morgan fingerprint density at radius 2 is 2.19 bits per heavy atom. The predicted molar refractivity (Wildman–Crippen MR) is 112 cm³/mol. The number of anilines is 1. The van der Waals surface area contributed by atoms with Gasteiger partial charge < -0.3 is 20.1 Å². The first-order valence-corrected chi connectivity index (χ1v) is 10.1. The minimum Gasteiger partial charge on any atom is -0.444 e. The maximum Gasteiger partial charge on any atom is 0.410 e. The number of halogens is 1. The Morgan fingerprint density at radius 3 is 2.85 bits per heavy atom. The second-order valence-corrected chi connectivity index (χ2v) is 8.81. The number of fused-ring (bicyclic) bond motifs is 1. The van der Waals surface area contributed by atoms with Gasteiger partial charge in [-0.15, -0.1) is 0 Å². The summed E-state index contributed by atoms with van der Waals surface area (Å²) in [4.78, 5) is 18.7. The van der Waals surface area contributed by atoms with E-state index in [1.807, 2.05) is 31.5 Å². The zero-order chi connectivity index (χ0) is 19.8. The fourth-order valence-electron chi connectivity index (χ4n) is 3.49. The standard InChI is InChI=1S/C18H26IN5O3/c1-18(2,3)27-17(25)23-10-12(9-11(23)6-8-26-4)24-13-5-7-21-16(20)14(13)15(19)22-24/h5,7,11-12H,6,8-10H2,1-4H3,(H2,20,21)/t11-,12-/m0/s1. The SMILES string of the molecule is COCC[C@H]1C[C@H](n2nc(I)c3c(N)nccc32)CN1C(=O)OC(C)(C)C. The molecule has 0 radical (unpaired) electrons. The van der Waals surface area contributed by atoms with Crippen LogP contribution in [-0.2, 0) is 9.47 Å². The molecule has 148 valence electrons. The van der Waals surface area contributed by atoms with Crippen LogP contribution in [0.15, 0.2) is 12.3 Å². The van der Waals surface area contributed by atoms with Crippen molar-refractivity contribution in [2.75, 3.05) is 26.0 Å². The van der Waals surface area contributed by atoms with E-state index in [9.17, 15) is 4.79 Å². The topological polar surface area (TPSA) is 95.5 Å². The van der Waals surface area contributed by atoms with E-state index in [0.717, 1.165) is 27.4 Å². The summed E-state index contributed by atoms with van der Waals surface area (Å²) in [5.41, 5.74) is 6.44. The summed E-state index contributed by atoms with van der Waals surface area (Å²) in [6, 6.07) is 2.01. The molecule has 1 aliphatic heterocycles. The molecule has 8 nitrogen and oxygen atoms in total. The van der Waals surface area contributed by atoms with Crippen molar-refractivity contribution in [3.8, 4) is 0 Å². The lowest BCUT2D eigenvalue weighted by Crippen LogP contribution is -2.40. The van der Waals surface area contributed by atoms with Gasteiger partial charge in [0, 0.05) is 32.5 Å². The van der Waals surface area contributed by atoms with Crippen LogP contribution >= 0.6 is 22.6 Å². The van der Waals surface area contributed by atoms with Gasteiger partial charge in [-0.25, -0.2) is 9.78 Å². The van der Waals surface area contributed by atoms with Crippen molar-refractivity contribution in [3.63, 3.8) is 0 Å². The molecule has 2 N–H and O–H groups in total. The summed E-state index contributed by atoms with van der Waals surface area (Å²) in [6.07, 6.45) is 2.94. The number of methoxy groups -OCH3 is 1. The van der Waals surface area contributed by atoms with E-state index in [1.54, 1.807) is 18.2 Å². The van der Waals surface area contributed by atoms with Crippen molar-refractivity contribution in [3.05, 3.63) is 16.0 Å². The van der Waals surface area contributed by atoms with Crippen LogP contribution < -0.4 is 5.73 Å². The van der Waals surface area contributed by atoms with Crippen LogP contribution in [-0.4, -0.2) is 57.7 Å². The normalized spacial score (nSPS) is 20.4. The minimum atomic E-state index is -0.533. The molecule has 1 fully saturated rings. The second-order valence-electron chi connectivity index (χ2n) is 7.78. The number of amides is 1. The molecule has 1 saturated heterocycles. The molecule has 9 heteroatoms. The maximum absolute atomic E-state index is 12.7. The summed E-state index contributed by atoms with van der Waals surface area (Å²) >= 11 is 2.18. The smallest absolute Gasteiger partial charge is 0.410 e. The van der Waals surface area contributed by atoms with E-state index in [0.29, 0.717) is 19.0 Å². The Morgan fingerprint density at radius 1 is 1.44 bits per heavy atom. The Balaban J connectivity index is 1.90. The molecule has 0 unspecified atom stereocenters. The number of pyridine rings is 1. The Bertz CT molecular complexity index is 832. The van der Waals surface area contributed by atoms with E-state index >= 15 is 0 Å². The molecule has 3 rings (SSSR count). The Labute approximate surface area is 172 Å². The van der Waals surface area contributed by atoms with Crippen LogP contribution in [0.2, 0.25) is 0 Å². The van der Waals surface area contributed by atoms with Crippen LogP contribution in [0.4, 0.5) is 10.6 Å². The van der Waals surface area contributed by atoms with Gasteiger partial charge in [0.05, 0.1) is 16.9 Å². The number of nitrogens with zero attached hydrogens (tertiary/aromatic N) is 4. The third kappa shape index (κ3) is 4.29. The van der Waals surface area contributed by atoms with Crippen molar-refractivity contribution in [2.24, 2.45) is 0 Å². The molecule has 0 aromatic carbocycles. The van der Waals surface area contributed by atoms with Crippen molar-refractivity contribution in [2.45, 2.75) is 51.3 Å². The third-order valence-corrected chi connectivity index (χ3v) is 5.38. The molecule has 1 aliphatic rings. The number of hydrogen-bond donors (Lipinski definition) is 1. The molecule has 0 aliphatic carbocycles. The largest absolute Gasteiger partial charge is 0.444 e. The molecule has 0 bridgehead atoms. The summed E-state index contributed by atoms with van der Waals surface area (Å²) in [5, 5.41) is 5.55. The first kappa shape index (κ1) is 20.1. The van der Waals surface area contributed by atoms with Gasteiger partial charge >= 0.3 is 6.09 Å². The van der Waals surface area contributed by atoms with Gasteiger partial charge in [0.25, 0.3) is 0 Å². The third-order valence-electron chi connectivity index (χ3n) is 4.63. The van der Waals surface area contributed by atoms with E-state index in [-0.39, 0.29) is 18.2 Å². The van der Waals surface area contributed by atoms with Crippen LogP contribution in [0.5, 0.6) is 0 Å². The van der Waals surface area contributed by atoms with E-state index in [4.69, 9.17) is 15.2 Å². The van der Waals surface area contributed by atoms with Gasteiger partial charge in [-0.1, -0.05) is 0 Å². The highest BCUT2D eigenvalue weighted by Gasteiger charge is 2.39. The molecular formula is C18H26IN5O3. The molecule has 2 atom stereocenters. The average molecular weight is 487 g/mol. The molecule has 27 heavy (non-hydrogen) atoms. The minimum absolute atomic E-state index is 0.0425. The molecule has 1 amide bonds. The monoisotopic (exact) mass is 487 g/mol. The van der Waals surface area contributed by atoms with E-state index in [1.165, 1.54) is 0 Å². The number of carbonyl (C=O) groups excluding carboxylic acids is 1. The van der Waals surface area contributed by atoms with Gasteiger partial charge in [0.15, 0.2) is 0 Å². The molecule has 2 aromatic rings. The molecule has 0 saturated carbocycles. The number of rotatable bonds is 4. The van der Waals surface area contributed by atoms with E-state index in [2.05, 4.69) is 32.7 Å². The maximum atomic E-state index is 12.7. The van der Waals surface area contributed by atoms with Crippen molar-refractivity contribution in [1.29, 1.82) is 0 Å². The number of hydrogen-bond acceptors (Lipinski definition) is 6. The van der Waals surface area contributed by atoms with Gasteiger partial charge in [-0.2, -0.15) is 5.10 Å². The van der Waals surface area contributed by atoms with Crippen molar-refractivity contribution in [1.82, 2.24) is 19.7 Å². The average Bonchev–Trinajstić information content (AvgIpc) is 3.13. The van der Waals surface area contributed by atoms with Crippen molar-refractivity contribution < 1.29 is 14.3 Å². The number of carbonyl (C=O) groups is 1. The fraction of sp³-hybridized carbons (Fsp3) is 0.611. The number of aromatic nitrogens is 3. The van der Waals surface area contributed by atoms with Crippen LogP contribution in [0.1, 0.15) is 39.7 Å². The highest BCUT2D eigenvalue weighted by molar-refractivity contribution is 14.1. The summed E-state index contributed by atoms with van der Waals surface area (Å²) in [5.74, 6) is 0.473. The van der Waals surface area contributed by atoms with Crippen LogP contribution in [0.25, 0.3) is 10.9 Å². The van der Waals surface area contributed by atoms with Crippen LogP contribution in [0, 0.1) is 3.70 Å². The summed E-state index contributed by atoms with van der Waals surface area (Å²) in [6.45, 7) is 6.76. The fourth-order valence-corrected chi connectivity index (χ4v) is 4.27. The zero-order valence-corrected chi connectivity index (χ0v) is 18.3. The lowest BCUT2D eigenvalue weighted by molar-refractivity contribution is 0.0197. The molecular weight excluding hydrogens is 461 g/mol. The summed E-state index contributed by atoms with van der Waals surface area (Å²) < 4.78 is 13.6. The van der Waals surface area contributed by atoms with Crippen molar-refractivity contribution >= 4 is 45.4 Å². The number of nitrogen functional groups attached to an aromatic ring is 1. The summed E-state index contributed by atoms with van der Waals surface area (Å²) in [7, 11) is 1.67. The lowest BCUT2D eigenvalue weighted by atomic mass is 10.1. The second kappa shape index (κ2) is 7.78. The first-order valence-electron chi connectivity index (χ1n) is 8.98. The zero-order valence-electron chi connectivity index (χ0n) is 16.1. The molecule has 2 aromatic heterocycles. The Kier molecular flexibility index (Phi) is 5.80. The highest BCUT2D eigenvalue weighted by atomic mass is 127. The number of nitrogens with two attached hydrogens (primary N) is 1. The number of ether oxygens (including phenoxy) is 2.